The molecule has 0 aromatic rings. The summed E-state index contributed by atoms with van der Waals surface area (Å²) in [6.45, 7) is 0.843. The van der Waals surface area contributed by atoms with Gasteiger partial charge in [-0.3, -0.25) is 10.0 Å². The van der Waals surface area contributed by atoms with Crippen LogP contribution in [0.5, 0.6) is 0 Å². The van der Waals surface area contributed by atoms with E-state index in [2.05, 4.69) is 15.0 Å². The Hall–Kier alpha value is -1.25. The molecule has 2 bridgehead atoms. The summed E-state index contributed by atoms with van der Waals surface area (Å²) in [6, 6.07) is 0. The van der Waals surface area contributed by atoms with Gasteiger partial charge in [0.2, 0.25) is 0 Å². The predicted molar refractivity (Wildman–Crippen MR) is 44.9 cm³/mol. The summed E-state index contributed by atoms with van der Waals surface area (Å²) in [5.41, 5.74) is 6.29. The maximum atomic E-state index is 4.26. The normalized spacial score (nSPS) is 28.7. The van der Waals surface area contributed by atoms with Crippen LogP contribution in [0.4, 0.5) is 0 Å². The minimum Gasteiger partial charge on any atom is -0.262 e. The van der Waals surface area contributed by atoms with E-state index in [9.17, 15) is 0 Å². The highest BCUT2D eigenvalue weighted by Crippen LogP contribution is 2.52. The van der Waals surface area contributed by atoms with Crippen molar-refractivity contribution < 1.29 is 0 Å². The number of hydrogen-bond donors (Lipinski definition) is 0. The largest absolute Gasteiger partial charge is 0.262 e. The molecule has 0 aromatic heterocycles. The lowest BCUT2D eigenvalue weighted by Crippen LogP contribution is -2.33. The Morgan fingerprint density at radius 2 is 2.00 bits per heavy atom. The molecule has 0 aromatic carbocycles. The monoisotopic (exact) mass is 159 g/mol. The van der Waals surface area contributed by atoms with E-state index < -0.39 is 0 Å². The molecule has 0 amide bonds. The summed E-state index contributed by atoms with van der Waals surface area (Å²) in [5.74, 6) is 0. The van der Waals surface area contributed by atoms with E-state index in [4.69, 9.17) is 0 Å². The van der Waals surface area contributed by atoms with Crippen molar-refractivity contribution in [2.24, 2.45) is 4.99 Å². The molecule has 1 saturated heterocycles. The van der Waals surface area contributed by atoms with Gasteiger partial charge in [-0.25, -0.2) is 5.01 Å². The third-order valence-corrected chi connectivity index (χ3v) is 3.28. The van der Waals surface area contributed by atoms with Gasteiger partial charge in [-0.15, -0.1) is 0 Å². The molecule has 3 heteroatoms. The molecular formula is C9H9N3. The number of nitrogens with zero attached hydrogens (tertiary/aromatic N) is 3. The zero-order chi connectivity index (χ0) is 7.71. The van der Waals surface area contributed by atoms with Crippen molar-refractivity contribution in [3.05, 3.63) is 22.5 Å². The Morgan fingerprint density at radius 3 is 2.83 bits per heavy atom. The first-order chi connectivity index (χ1) is 5.95. The van der Waals surface area contributed by atoms with Crippen LogP contribution in [0.25, 0.3) is 0 Å². The smallest absolute Gasteiger partial charge is 0.131 e. The highest BCUT2D eigenvalue weighted by atomic mass is 15.7. The quantitative estimate of drug-likeness (QED) is 0.529. The summed E-state index contributed by atoms with van der Waals surface area (Å²) < 4.78 is 0. The van der Waals surface area contributed by atoms with Crippen molar-refractivity contribution in [2.75, 3.05) is 6.67 Å². The molecule has 2 aliphatic carbocycles. The lowest BCUT2D eigenvalue weighted by atomic mass is 9.86. The molecule has 60 valence electrons. The number of fused-ring (bicyclic) bond motifs is 6. The van der Waals surface area contributed by atoms with Gasteiger partial charge in [0.15, 0.2) is 0 Å². The molecule has 2 heterocycles. The number of hydrazine groups is 1. The number of rotatable bonds is 0. The Morgan fingerprint density at radius 1 is 1.17 bits per heavy atom. The highest BCUT2D eigenvalue weighted by Gasteiger charge is 2.44. The predicted octanol–water partition coefficient (Wildman–Crippen LogP) is 1.22. The van der Waals surface area contributed by atoms with Crippen molar-refractivity contribution in [1.29, 1.82) is 0 Å². The Kier molecular flexibility index (Phi) is 0.650. The fraction of sp³-hybridized carbons (Fsp3) is 0.444. The molecule has 0 N–H and O–H groups in total. The van der Waals surface area contributed by atoms with Gasteiger partial charge in [-0.1, -0.05) is 0 Å². The van der Waals surface area contributed by atoms with Gasteiger partial charge in [-0.05, 0) is 24.0 Å². The molecule has 0 radical (unpaired) electrons. The Labute approximate surface area is 70.6 Å². The van der Waals surface area contributed by atoms with Crippen LogP contribution < -0.4 is 0 Å². The van der Waals surface area contributed by atoms with Gasteiger partial charge < -0.3 is 0 Å². The van der Waals surface area contributed by atoms with Crippen LogP contribution in [0.2, 0.25) is 0 Å². The Balaban J connectivity index is 1.98. The van der Waals surface area contributed by atoms with E-state index in [0.717, 1.165) is 6.67 Å². The lowest BCUT2D eigenvalue weighted by Gasteiger charge is -2.34. The second-order valence-electron chi connectivity index (χ2n) is 3.71. The SMILES string of the molecule is C1=NCN2C3=C4CCC4=C(C3)N12. The molecule has 3 nitrogen and oxygen atoms in total. The summed E-state index contributed by atoms with van der Waals surface area (Å²) in [7, 11) is 0. The summed E-state index contributed by atoms with van der Waals surface area (Å²) in [6.07, 6.45) is 5.74. The van der Waals surface area contributed by atoms with Crippen molar-refractivity contribution in [3.8, 4) is 0 Å². The van der Waals surface area contributed by atoms with Crippen molar-refractivity contribution in [3.63, 3.8) is 0 Å². The maximum absolute atomic E-state index is 4.26. The van der Waals surface area contributed by atoms with Crippen LogP contribution in [0, 0.1) is 0 Å². The Bertz CT molecular complexity index is 375. The van der Waals surface area contributed by atoms with E-state index in [0.29, 0.717) is 0 Å². The van der Waals surface area contributed by atoms with E-state index in [1.165, 1.54) is 30.7 Å². The van der Waals surface area contributed by atoms with Gasteiger partial charge in [0.1, 0.15) is 13.0 Å². The fourth-order valence-electron chi connectivity index (χ4n) is 2.60. The molecular weight excluding hydrogens is 150 g/mol. The van der Waals surface area contributed by atoms with Gasteiger partial charge in [0, 0.05) is 12.1 Å². The van der Waals surface area contributed by atoms with E-state index in [-0.39, 0.29) is 0 Å². The average Bonchev–Trinajstić information content (AvgIpc) is 2.56. The van der Waals surface area contributed by atoms with Gasteiger partial charge in [0.25, 0.3) is 0 Å². The zero-order valence-corrected chi connectivity index (χ0v) is 6.75. The van der Waals surface area contributed by atoms with Crippen LogP contribution in [0.15, 0.2) is 27.5 Å². The minimum atomic E-state index is 0.843. The molecule has 2 fully saturated rings. The first-order valence-corrected chi connectivity index (χ1v) is 4.46. The summed E-state index contributed by atoms with van der Waals surface area (Å²) in [5, 5.41) is 4.53. The minimum absolute atomic E-state index is 0.843. The molecule has 0 unspecified atom stereocenters. The van der Waals surface area contributed by atoms with Gasteiger partial charge in [0.05, 0.1) is 5.70 Å². The molecule has 0 spiro atoms. The van der Waals surface area contributed by atoms with Crippen LogP contribution in [0.1, 0.15) is 19.3 Å². The van der Waals surface area contributed by atoms with E-state index in [1.54, 1.807) is 11.1 Å². The average molecular weight is 159 g/mol. The number of aliphatic imine (C=N–C) groups is 1. The van der Waals surface area contributed by atoms with Crippen molar-refractivity contribution >= 4 is 6.34 Å². The molecule has 12 heavy (non-hydrogen) atoms. The highest BCUT2D eigenvalue weighted by molar-refractivity contribution is 5.68. The topological polar surface area (TPSA) is 18.8 Å². The maximum Gasteiger partial charge on any atom is 0.131 e. The molecule has 4 rings (SSSR count). The third-order valence-electron chi connectivity index (χ3n) is 3.28. The molecule has 4 aliphatic rings. The van der Waals surface area contributed by atoms with Crippen LogP contribution >= 0.6 is 0 Å². The van der Waals surface area contributed by atoms with Gasteiger partial charge >= 0.3 is 0 Å². The number of hydrogen-bond acceptors (Lipinski definition) is 3. The first kappa shape index (κ1) is 5.41. The van der Waals surface area contributed by atoms with Crippen molar-refractivity contribution in [1.82, 2.24) is 10.0 Å². The molecule has 2 aliphatic heterocycles. The van der Waals surface area contributed by atoms with Crippen molar-refractivity contribution in [2.45, 2.75) is 19.3 Å². The van der Waals surface area contributed by atoms with Gasteiger partial charge in [-0.2, -0.15) is 0 Å². The lowest BCUT2D eigenvalue weighted by molar-refractivity contribution is 0.184. The van der Waals surface area contributed by atoms with Crippen LogP contribution in [-0.2, 0) is 0 Å². The second-order valence-corrected chi connectivity index (χ2v) is 3.71. The van der Waals surface area contributed by atoms with Crippen LogP contribution in [0.3, 0.4) is 0 Å². The summed E-state index contributed by atoms with van der Waals surface area (Å²) >= 11 is 0. The molecule has 0 atom stereocenters. The van der Waals surface area contributed by atoms with E-state index >= 15 is 0 Å². The standard InChI is InChI=1S/C9H9N3/c1-2-7-6(1)8-3-9(7)12-5-10-4-11(8)12/h4H,1-3,5H2. The van der Waals surface area contributed by atoms with Crippen LogP contribution in [-0.4, -0.2) is 23.0 Å². The number of allylic oxidation sites excluding steroid dienone is 2. The summed E-state index contributed by atoms with van der Waals surface area (Å²) in [4.78, 5) is 4.26. The first-order valence-electron chi connectivity index (χ1n) is 4.46. The van der Waals surface area contributed by atoms with E-state index in [1.807, 2.05) is 6.34 Å². The second kappa shape index (κ2) is 1.44. The third kappa shape index (κ3) is 0.369. The zero-order valence-electron chi connectivity index (χ0n) is 6.75. The molecule has 1 saturated carbocycles. The fourth-order valence-corrected chi connectivity index (χ4v) is 2.60.